The Morgan fingerprint density at radius 3 is 2.45 bits per heavy atom. The molecule has 0 unspecified atom stereocenters. The van der Waals surface area contributed by atoms with E-state index in [1.54, 1.807) is 13.3 Å². The molecule has 0 N–H and O–H groups in total. The molecule has 0 amide bonds. The van der Waals surface area contributed by atoms with Gasteiger partial charge in [-0.2, -0.15) is 0 Å². The number of rotatable bonds is 2. The fourth-order valence-corrected chi connectivity index (χ4v) is 2.28. The van der Waals surface area contributed by atoms with Crippen molar-refractivity contribution in [3.63, 3.8) is 0 Å². The summed E-state index contributed by atoms with van der Waals surface area (Å²) in [6, 6.07) is 1.89. The predicted molar refractivity (Wildman–Crippen MR) is 77.5 cm³/mol. The summed E-state index contributed by atoms with van der Waals surface area (Å²) in [6.07, 6.45) is 5.59. The van der Waals surface area contributed by atoms with Crippen molar-refractivity contribution in [3.05, 3.63) is 24.7 Å². The molecule has 2 aromatic heterocycles. The Labute approximate surface area is 119 Å². The molecule has 0 saturated carbocycles. The van der Waals surface area contributed by atoms with Crippen LogP contribution in [0.4, 0.5) is 0 Å². The summed E-state index contributed by atoms with van der Waals surface area (Å²) >= 11 is 0. The minimum atomic E-state index is -0.443. The van der Waals surface area contributed by atoms with Crippen LogP contribution in [0.25, 0.3) is 5.65 Å². The quantitative estimate of drug-likeness (QED) is 0.781. The second-order valence-electron chi connectivity index (χ2n) is 6.08. The van der Waals surface area contributed by atoms with Crippen LogP contribution in [0.3, 0.4) is 0 Å². The van der Waals surface area contributed by atoms with Crippen LogP contribution in [0.5, 0.6) is 5.75 Å². The third kappa shape index (κ3) is 1.91. The van der Waals surface area contributed by atoms with Crippen LogP contribution in [-0.4, -0.2) is 34.8 Å². The minimum Gasteiger partial charge on any atom is -0.497 e. The van der Waals surface area contributed by atoms with E-state index in [0.29, 0.717) is 0 Å². The van der Waals surface area contributed by atoms with Crippen molar-refractivity contribution in [1.82, 2.24) is 9.38 Å². The van der Waals surface area contributed by atoms with Gasteiger partial charge in [0.15, 0.2) is 0 Å². The second-order valence-corrected chi connectivity index (χ2v) is 6.08. The molecule has 0 atom stereocenters. The van der Waals surface area contributed by atoms with Crippen LogP contribution in [0, 0.1) is 0 Å². The fourth-order valence-electron chi connectivity index (χ4n) is 2.28. The van der Waals surface area contributed by atoms with Gasteiger partial charge in [0.25, 0.3) is 0 Å². The number of aromatic nitrogens is 2. The Hall–Kier alpha value is -1.53. The van der Waals surface area contributed by atoms with Crippen molar-refractivity contribution < 1.29 is 14.0 Å². The van der Waals surface area contributed by atoms with Gasteiger partial charge in [-0.25, -0.2) is 4.98 Å². The zero-order valence-corrected chi connectivity index (χ0v) is 12.5. The number of hydrogen-bond donors (Lipinski definition) is 0. The van der Waals surface area contributed by atoms with Crippen LogP contribution in [0.15, 0.2) is 24.7 Å². The molecule has 0 spiro atoms. The van der Waals surface area contributed by atoms with Gasteiger partial charge in [0.2, 0.25) is 0 Å². The number of nitrogens with zero attached hydrogens (tertiary/aromatic N) is 2. The van der Waals surface area contributed by atoms with E-state index in [1.165, 1.54) is 0 Å². The molecule has 2 aromatic rings. The molecule has 1 aliphatic heterocycles. The number of methoxy groups -OCH3 is 1. The zero-order valence-electron chi connectivity index (χ0n) is 12.5. The van der Waals surface area contributed by atoms with Crippen LogP contribution in [0.2, 0.25) is 0 Å². The highest BCUT2D eigenvalue weighted by Crippen LogP contribution is 2.37. The molecule has 5 nitrogen and oxygen atoms in total. The van der Waals surface area contributed by atoms with Gasteiger partial charge < -0.3 is 18.4 Å². The largest absolute Gasteiger partial charge is 0.500 e. The summed E-state index contributed by atoms with van der Waals surface area (Å²) in [5.74, 6) is 0.724. The first-order valence-corrected chi connectivity index (χ1v) is 6.70. The lowest BCUT2D eigenvalue weighted by molar-refractivity contribution is 0.00578. The lowest BCUT2D eigenvalue weighted by Crippen LogP contribution is -2.41. The van der Waals surface area contributed by atoms with Gasteiger partial charge in [-0.1, -0.05) is 0 Å². The van der Waals surface area contributed by atoms with Crippen molar-refractivity contribution in [1.29, 1.82) is 0 Å². The van der Waals surface area contributed by atoms with Crippen molar-refractivity contribution >= 4 is 18.2 Å². The molecule has 106 valence electrons. The average Bonchev–Trinajstić information content (AvgIpc) is 2.89. The number of hydrogen-bond acceptors (Lipinski definition) is 4. The molecular weight excluding hydrogens is 255 g/mol. The first-order valence-electron chi connectivity index (χ1n) is 6.70. The molecule has 0 aromatic carbocycles. The number of imidazole rings is 1. The maximum absolute atomic E-state index is 6.08. The Morgan fingerprint density at radius 1 is 1.20 bits per heavy atom. The van der Waals surface area contributed by atoms with Crippen LogP contribution >= 0.6 is 0 Å². The van der Waals surface area contributed by atoms with E-state index in [9.17, 15) is 0 Å². The van der Waals surface area contributed by atoms with E-state index in [-0.39, 0.29) is 11.2 Å². The van der Waals surface area contributed by atoms with E-state index in [1.807, 2.05) is 50.6 Å². The number of fused-ring (bicyclic) bond motifs is 1. The fraction of sp³-hybridized carbons (Fsp3) is 0.500. The highest BCUT2D eigenvalue weighted by molar-refractivity contribution is 6.63. The summed E-state index contributed by atoms with van der Waals surface area (Å²) in [6.45, 7) is 8.15. The molecule has 0 bridgehead atoms. The lowest BCUT2D eigenvalue weighted by Gasteiger charge is -2.32. The van der Waals surface area contributed by atoms with E-state index >= 15 is 0 Å². The smallest absolute Gasteiger partial charge is 0.497 e. The lowest BCUT2D eigenvalue weighted by atomic mass is 9.79. The molecule has 1 saturated heterocycles. The summed E-state index contributed by atoms with van der Waals surface area (Å²) in [4.78, 5) is 4.25. The van der Waals surface area contributed by atoms with Crippen molar-refractivity contribution in [3.8, 4) is 5.75 Å². The Morgan fingerprint density at radius 2 is 1.85 bits per heavy atom. The summed E-state index contributed by atoms with van der Waals surface area (Å²) in [5.41, 5.74) is 0.970. The highest BCUT2D eigenvalue weighted by Gasteiger charge is 2.52. The van der Waals surface area contributed by atoms with Crippen LogP contribution < -0.4 is 10.2 Å². The third-order valence-corrected chi connectivity index (χ3v) is 4.25. The molecular formula is C14H19BN2O3. The van der Waals surface area contributed by atoms with Gasteiger partial charge in [0.1, 0.15) is 11.4 Å². The van der Waals surface area contributed by atoms with Crippen molar-refractivity contribution in [2.24, 2.45) is 0 Å². The van der Waals surface area contributed by atoms with Gasteiger partial charge in [0, 0.05) is 30.1 Å². The standard InChI is InChI=1S/C14H19BN2O3/c1-13(2)14(3,4)20-15(19-13)10-9-17-7-6-16-12(17)8-11(10)18-5/h6-9H,1-5H3. The molecule has 0 radical (unpaired) electrons. The number of ether oxygens (including phenoxy) is 1. The molecule has 0 aliphatic carbocycles. The Kier molecular flexibility index (Phi) is 2.85. The maximum atomic E-state index is 6.08. The zero-order chi connectivity index (χ0) is 14.5. The second kappa shape index (κ2) is 4.23. The first-order chi connectivity index (χ1) is 9.34. The van der Waals surface area contributed by atoms with E-state index < -0.39 is 7.12 Å². The summed E-state index contributed by atoms with van der Waals surface area (Å²) in [5, 5.41) is 0. The Balaban J connectivity index is 2.06. The maximum Gasteiger partial charge on any atom is 0.500 e. The van der Waals surface area contributed by atoms with Crippen molar-refractivity contribution in [2.45, 2.75) is 38.9 Å². The predicted octanol–water partition coefficient (Wildman–Crippen LogP) is 1.64. The first kappa shape index (κ1) is 13.5. The third-order valence-electron chi connectivity index (χ3n) is 4.25. The van der Waals surface area contributed by atoms with Gasteiger partial charge >= 0.3 is 7.12 Å². The van der Waals surface area contributed by atoms with Gasteiger partial charge in [-0.3, -0.25) is 0 Å². The summed E-state index contributed by atoms with van der Waals surface area (Å²) < 4.78 is 19.6. The molecule has 3 heterocycles. The van der Waals surface area contributed by atoms with E-state index in [0.717, 1.165) is 16.9 Å². The monoisotopic (exact) mass is 274 g/mol. The topological polar surface area (TPSA) is 45.0 Å². The van der Waals surface area contributed by atoms with Gasteiger partial charge in [-0.15, -0.1) is 0 Å². The summed E-state index contributed by atoms with van der Waals surface area (Å²) in [7, 11) is 1.20. The highest BCUT2D eigenvalue weighted by atomic mass is 16.7. The van der Waals surface area contributed by atoms with Gasteiger partial charge in [-0.05, 0) is 27.7 Å². The van der Waals surface area contributed by atoms with Crippen molar-refractivity contribution in [2.75, 3.05) is 7.11 Å². The van der Waals surface area contributed by atoms with Crippen LogP contribution in [0.1, 0.15) is 27.7 Å². The molecule has 20 heavy (non-hydrogen) atoms. The van der Waals surface area contributed by atoms with E-state index in [2.05, 4.69) is 4.98 Å². The molecule has 1 fully saturated rings. The molecule has 6 heteroatoms. The Bertz CT molecular complexity index is 635. The SMILES string of the molecule is COc1cc2nccn2cc1B1OC(C)(C)C(C)(C)O1. The van der Waals surface area contributed by atoms with E-state index in [4.69, 9.17) is 14.0 Å². The molecule has 1 aliphatic rings. The van der Waals surface area contributed by atoms with Gasteiger partial charge in [0.05, 0.1) is 18.3 Å². The average molecular weight is 274 g/mol. The minimum absolute atomic E-state index is 0.368. The number of pyridine rings is 1. The normalized spacial score (nSPS) is 20.6. The van der Waals surface area contributed by atoms with Crippen LogP contribution in [-0.2, 0) is 9.31 Å². The molecule has 3 rings (SSSR count).